The smallest absolute Gasteiger partial charge is 0.369 e. The predicted octanol–water partition coefficient (Wildman–Crippen LogP) is 6.65. The molecule has 4 N–H and O–H groups in total. The normalized spacial score (nSPS) is 15.3. The Bertz CT molecular complexity index is 1970. The first-order valence-electron chi connectivity index (χ1n) is 12.1. The van der Waals surface area contributed by atoms with Gasteiger partial charge in [-0.25, -0.2) is 13.8 Å². The Morgan fingerprint density at radius 1 is 1.00 bits per heavy atom. The molecule has 222 valence electrons. The van der Waals surface area contributed by atoms with E-state index in [0.29, 0.717) is 4.57 Å². The minimum absolute atomic E-state index is 0.0130. The molecule has 0 saturated carbocycles. The van der Waals surface area contributed by atoms with Gasteiger partial charge in [0.25, 0.3) is 5.91 Å². The lowest BCUT2D eigenvalue weighted by molar-refractivity contribution is -0.139. The maximum Gasteiger partial charge on any atom is 0.418 e. The molecule has 0 radical (unpaired) electrons. The van der Waals surface area contributed by atoms with Gasteiger partial charge in [0.1, 0.15) is 29.2 Å². The fourth-order valence-electron chi connectivity index (χ4n) is 5.10. The maximum absolute atomic E-state index is 14.4. The Morgan fingerprint density at radius 3 is 2.44 bits per heavy atom. The van der Waals surface area contributed by atoms with Crippen LogP contribution in [0.15, 0.2) is 42.6 Å². The maximum atomic E-state index is 14.4. The van der Waals surface area contributed by atoms with Crippen molar-refractivity contribution in [3.8, 4) is 0 Å². The molecule has 0 spiro atoms. The summed E-state index contributed by atoms with van der Waals surface area (Å²) < 4.78 is 111. The Hall–Kier alpha value is -4.73. The highest BCUT2D eigenvalue weighted by atomic mass is 35.5. The van der Waals surface area contributed by atoms with Gasteiger partial charge < -0.3 is 20.9 Å². The van der Waals surface area contributed by atoms with Gasteiger partial charge >= 0.3 is 12.4 Å². The largest absolute Gasteiger partial charge is 0.418 e. The number of nitrogen functional groups attached to an aromatic ring is 1. The fraction of sp³-hybridized carbons (Fsp3) is 0.154. The number of nitrogens with one attached hydrogen (secondary N) is 2. The molecule has 0 aliphatic carbocycles. The summed E-state index contributed by atoms with van der Waals surface area (Å²) in [7, 11) is 0. The molecule has 1 unspecified atom stereocenters. The summed E-state index contributed by atoms with van der Waals surface area (Å²) in [5, 5.41) is 12.1. The highest BCUT2D eigenvalue weighted by Gasteiger charge is 2.39. The van der Waals surface area contributed by atoms with Crippen LogP contribution in [0.25, 0.3) is 21.9 Å². The van der Waals surface area contributed by atoms with Gasteiger partial charge in [-0.15, -0.1) is 5.10 Å². The summed E-state index contributed by atoms with van der Waals surface area (Å²) in [6.45, 7) is -1.59. The number of fused-ring (bicyclic) bond motifs is 4. The number of nitrogens with zero attached hydrogens (tertiary/aromatic N) is 4. The third-order valence-electron chi connectivity index (χ3n) is 6.80. The van der Waals surface area contributed by atoms with Crippen molar-refractivity contribution in [3.63, 3.8) is 0 Å². The lowest BCUT2D eigenvalue weighted by Crippen LogP contribution is -2.20. The van der Waals surface area contributed by atoms with Crippen molar-refractivity contribution in [2.45, 2.75) is 24.9 Å². The van der Waals surface area contributed by atoms with Gasteiger partial charge in [-0.2, -0.15) is 31.4 Å². The van der Waals surface area contributed by atoms with Gasteiger partial charge in [-0.3, -0.25) is 4.79 Å². The van der Waals surface area contributed by atoms with E-state index < -0.39 is 59.5 Å². The van der Waals surface area contributed by atoms with Crippen LogP contribution in [-0.4, -0.2) is 31.8 Å². The molecule has 1 aliphatic heterocycles. The van der Waals surface area contributed by atoms with Crippen LogP contribution in [0.5, 0.6) is 0 Å². The van der Waals surface area contributed by atoms with Crippen molar-refractivity contribution in [2.24, 2.45) is 0 Å². The molecule has 6 rings (SSSR count). The van der Waals surface area contributed by atoms with Gasteiger partial charge in [-0.05, 0) is 36.4 Å². The van der Waals surface area contributed by atoms with Crippen molar-refractivity contribution < 1.29 is 39.9 Å². The van der Waals surface area contributed by atoms with Crippen molar-refractivity contribution in [2.75, 3.05) is 11.1 Å². The Labute approximate surface area is 239 Å². The third kappa shape index (κ3) is 4.90. The van der Waals surface area contributed by atoms with E-state index >= 15 is 0 Å². The van der Waals surface area contributed by atoms with Crippen molar-refractivity contribution >= 4 is 56.8 Å². The average molecular weight is 628 g/mol. The zero-order valence-electron chi connectivity index (χ0n) is 21.0. The number of benzene rings is 3. The fourth-order valence-corrected chi connectivity index (χ4v) is 5.33. The zero-order valence-corrected chi connectivity index (χ0v) is 21.8. The standard InChI is InChI=1S/C26H14ClF8N7O/c27-14-2-1-9(28)3-11(14)21-18-15(38-16-7-37-41-20-12(16)4-10(29)5-13(20)26(33,34)35)6-17-22(19(18)23(43)39-21)40-24(36)42(17)8-25(30,31)32/h1-7,21H,8H2,(H2,36,40)(H,38,41)(H,39,43). The van der Waals surface area contributed by atoms with Crippen molar-refractivity contribution in [1.29, 1.82) is 0 Å². The molecule has 1 atom stereocenters. The minimum Gasteiger partial charge on any atom is -0.369 e. The molecular formula is C26H14ClF8N7O. The average Bonchev–Trinajstić information content (AvgIpc) is 3.40. The molecule has 3 aromatic carbocycles. The van der Waals surface area contributed by atoms with Crippen LogP contribution in [-0.2, 0) is 12.7 Å². The SMILES string of the molecule is Nc1nc2c3c(c(Nc4cnnc5c(C(F)(F)F)cc(F)cc45)cc2n1CC(F)(F)F)C(c1cc(F)ccc1Cl)NC3=O. The Morgan fingerprint density at radius 2 is 1.74 bits per heavy atom. The molecule has 43 heavy (non-hydrogen) atoms. The molecule has 17 heteroatoms. The highest BCUT2D eigenvalue weighted by Crippen LogP contribution is 2.45. The van der Waals surface area contributed by atoms with E-state index in [1.165, 1.54) is 6.07 Å². The molecule has 5 aromatic rings. The van der Waals surface area contributed by atoms with Crippen LogP contribution in [0.3, 0.4) is 0 Å². The lowest BCUT2D eigenvalue weighted by Gasteiger charge is -2.20. The number of imidazole rings is 1. The van der Waals surface area contributed by atoms with E-state index in [4.69, 9.17) is 17.3 Å². The second-order valence-electron chi connectivity index (χ2n) is 9.55. The first-order valence-corrected chi connectivity index (χ1v) is 12.4. The number of halogens is 9. The molecule has 1 aliphatic rings. The van der Waals surface area contributed by atoms with Gasteiger partial charge in [0.2, 0.25) is 5.95 Å². The molecule has 0 fully saturated rings. The van der Waals surface area contributed by atoms with Gasteiger partial charge in [-0.1, -0.05) is 11.6 Å². The molecule has 2 aromatic heterocycles. The van der Waals surface area contributed by atoms with E-state index in [1.807, 2.05) is 0 Å². The van der Waals surface area contributed by atoms with Gasteiger partial charge in [0, 0.05) is 27.2 Å². The van der Waals surface area contributed by atoms with Crippen LogP contribution in [0.1, 0.15) is 33.1 Å². The third-order valence-corrected chi connectivity index (χ3v) is 7.14. The summed E-state index contributed by atoms with van der Waals surface area (Å²) in [5.74, 6) is -3.39. The number of aromatic nitrogens is 4. The van der Waals surface area contributed by atoms with E-state index in [2.05, 4.69) is 25.8 Å². The summed E-state index contributed by atoms with van der Waals surface area (Å²) >= 11 is 6.31. The summed E-state index contributed by atoms with van der Waals surface area (Å²) in [6, 6.07) is 4.26. The predicted molar refractivity (Wildman–Crippen MR) is 139 cm³/mol. The number of rotatable bonds is 4. The van der Waals surface area contributed by atoms with E-state index in [0.717, 1.165) is 30.5 Å². The van der Waals surface area contributed by atoms with Gasteiger partial charge in [0.15, 0.2) is 0 Å². The molecule has 8 nitrogen and oxygen atoms in total. The van der Waals surface area contributed by atoms with Crippen LogP contribution in [0, 0.1) is 11.6 Å². The topological polar surface area (TPSA) is 111 Å². The molecular weight excluding hydrogens is 614 g/mol. The number of carbonyl (C=O) groups is 1. The summed E-state index contributed by atoms with van der Waals surface area (Å²) in [6.07, 6.45) is -8.80. The van der Waals surface area contributed by atoms with Crippen molar-refractivity contribution in [3.05, 3.63) is 81.5 Å². The summed E-state index contributed by atoms with van der Waals surface area (Å²) in [4.78, 5) is 17.3. The lowest BCUT2D eigenvalue weighted by atomic mass is 9.95. The second kappa shape index (κ2) is 9.65. The number of amides is 1. The number of carbonyl (C=O) groups excluding carboxylic acids is 1. The number of anilines is 3. The molecule has 3 heterocycles. The van der Waals surface area contributed by atoms with E-state index in [1.54, 1.807) is 0 Å². The number of hydrogen-bond donors (Lipinski definition) is 3. The van der Waals surface area contributed by atoms with Crippen LogP contribution < -0.4 is 16.4 Å². The van der Waals surface area contributed by atoms with E-state index in [9.17, 15) is 39.9 Å². The van der Waals surface area contributed by atoms with E-state index in [-0.39, 0.29) is 55.6 Å². The van der Waals surface area contributed by atoms with Gasteiger partial charge in [0.05, 0.1) is 34.6 Å². The minimum atomic E-state index is -5.01. The first-order chi connectivity index (χ1) is 20.1. The Balaban J connectivity index is 1.64. The molecule has 0 bridgehead atoms. The van der Waals surface area contributed by atoms with Crippen LogP contribution in [0.4, 0.5) is 52.4 Å². The zero-order chi connectivity index (χ0) is 31.0. The quantitative estimate of drug-likeness (QED) is 0.193. The number of nitrogens with two attached hydrogens (primary N) is 1. The molecule has 1 amide bonds. The Kier molecular flexibility index (Phi) is 6.37. The van der Waals surface area contributed by atoms with Crippen LogP contribution >= 0.6 is 11.6 Å². The first kappa shape index (κ1) is 28.4. The van der Waals surface area contributed by atoms with Crippen LogP contribution in [0.2, 0.25) is 5.02 Å². The number of alkyl halides is 6. The monoisotopic (exact) mass is 627 g/mol. The molecule has 0 saturated heterocycles. The highest BCUT2D eigenvalue weighted by molar-refractivity contribution is 6.31. The summed E-state index contributed by atoms with van der Waals surface area (Å²) in [5.41, 5.74) is 2.63. The number of hydrogen-bond acceptors (Lipinski definition) is 6. The van der Waals surface area contributed by atoms with Crippen molar-refractivity contribution in [1.82, 2.24) is 25.1 Å². The second-order valence-corrected chi connectivity index (χ2v) is 9.96.